The van der Waals surface area contributed by atoms with Gasteiger partial charge in [-0.1, -0.05) is 6.07 Å². The summed E-state index contributed by atoms with van der Waals surface area (Å²) in [6.45, 7) is 0. The molecule has 0 bridgehead atoms. The lowest BCUT2D eigenvalue weighted by atomic mass is 10.1. The van der Waals surface area contributed by atoms with Crippen LogP contribution in [0.1, 0.15) is 16.1 Å². The van der Waals surface area contributed by atoms with Gasteiger partial charge in [0.05, 0.1) is 14.2 Å². The van der Waals surface area contributed by atoms with E-state index in [1.807, 2.05) is 18.2 Å². The van der Waals surface area contributed by atoms with Crippen molar-refractivity contribution in [2.45, 2.75) is 0 Å². The van der Waals surface area contributed by atoms with E-state index in [4.69, 9.17) is 9.47 Å². The van der Waals surface area contributed by atoms with Gasteiger partial charge in [-0.25, -0.2) is 4.98 Å². The monoisotopic (exact) mass is 282 g/mol. The fourth-order valence-electron chi connectivity index (χ4n) is 2.21. The normalized spacial score (nSPS) is 10.6. The molecule has 0 spiro atoms. The zero-order chi connectivity index (χ0) is 14.8. The Balaban J connectivity index is 2.05. The molecule has 0 atom stereocenters. The van der Waals surface area contributed by atoms with E-state index < -0.39 is 0 Å². The molecular formula is C16H14N2O3. The van der Waals surface area contributed by atoms with Crippen LogP contribution in [0.25, 0.3) is 10.9 Å². The molecule has 2 aromatic heterocycles. The van der Waals surface area contributed by atoms with Crippen molar-refractivity contribution in [3.05, 3.63) is 53.9 Å². The maximum atomic E-state index is 12.6. The summed E-state index contributed by atoms with van der Waals surface area (Å²) in [5.74, 6) is 1.01. The minimum atomic E-state index is -0.148. The van der Waals surface area contributed by atoms with Crippen LogP contribution in [0.4, 0.5) is 0 Å². The highest BCUT2D eigenvalue weighted by atomic mass is 16.5. The Bertz CT molecular complexity index is 808. The fourth-order valence-corrected chi connectivity index (χ4v) is 2.21. The smallest absolute Gasteiger partial charge is 0.213 e. The Hall–Kier alpha value is -2.82. The van der Waals surface area contributed by atoms with Crippen molar-refractivity contribution >= 4 is 16.7 Å². The molecule has 0 fully saturated rings. The summed E-state index contributed by atoms with van der Waals surface area (Å²) in [4.78, 5) is 19.8. The average molecular weight is 282 g/mol. The van der Waals surface area contributed by atoms with E-state index in [1.54, 1.807) is 31.5 Å². The van der Waals surface area contributed by atoms with E-state index in [-0.39, 0.29) is 5.78 Å². The first kappa shape index (κ1) is 13.2. The van der Waals surface area contributed by atoms with Crippen molar-refractivity contribution in [3.8, 4) is 11.6 Å². The van der Waals surface area contributed by atoms with Crippen molar-refractivity contribution in [2.75, 3.05) is 14.2 Å². The first-order valence-electron chi connectivity index (χ1n) is 6.44. The SMILES string of the molecule is COc1ccc2c(C(=O)c3cccc(OC)n3)c[nH]c2c1. The van der Waals surface area contributed by atoms with Gasteiger partial charge >= 0.3 is 0 Å². The maximum Gasteiger partial charge on any atom is 0.213 e. The Labute approximate surface area is 121 Å². The van der Waals surface area contributed by atoms with Crippen LogP contribution in [-0.4, -0.2) is 30.0 Å². The van der Waals surface area contributed by atoms with Gasteiger partial charge < -0.3 is 14.5 Å². The van der Waals surface area contributed by atoms with Crippen molar-refractivity contribution < 1.29 is 14.3 Å². The van der Waals surface area contributed by atoms with E-state index in [1.165, 1.54) is 7.11 Å². The third-order valence-corrected chi connectivity index (χ3v) is 3.30. The largest absolute Gasteiger partial charge is 0.497 e. The summed E-state index contributed by atoms with van der Waals surface area (Å²) in [7, 11) is 3.13. The number of hydrogen-bond donors (Lipinski definition) is 1. The van der Waals surface area contributed by atoms with Crippen molar-refractivity contribution in [3.63, 3.8) is 0 Å². The summed E-state index contributed by atoms with van der Waals surface area (Å²) in [6.07, 6.45) is 1.69. The number of nitrogens with zero attached hydrogens (tertiary/aromatic N) is 1. The van der Waals surface area contributed by atoms with Gasteiger partial charge in [0.15, 0.2) is 0 Å². The van der Waals surface area contributed by atoms with E-state index in [9.17, 15) is 4.79 Å². The summed E-state index contributed by atoms with van der Waals surface area (Å²) < 4.78 is 10.2. The molecule has 1 aromatic carbocycles. The van der Waals surface area contributed by atoms with E-state index in [0.29, 0.717) is 17.1 Å². The van der Waals surface area contributed by atoms with Crippen LogP contribution in [0.15, 0.2) is 42.6 Å². The number of nitrogens with one attached hydrogen (secondary N) is 1. The van der Waals surface area contributed by atoms with Gasteiger partial charge in [-0.05, 0) is 18.2 Å². The first-order valence-corrected chi connectivity index (χ1v) is 6.44. The van der Waals surface area contributed by atoms with E-state index in [2.05, 4.69) is 9.97 Å². The quantitative estimate of drug-likeness (QED) is 0.747. The number of rotatable bonds is 4. The molecular weight excluding hydrogens is 268 g/mol. The molecule has 21 heavy (non-hydrogen) atoms. The van der Waals surface area contributed by atoms with Gasteiger partial charge in [0, 0.05) is 34.8 Å². The minimum absolute atomic E-state index is 0.148. The highest BCUT2D eigenvalue weighted by Crippen LogP contribution is 2.25. The number of pyridine rings is 1. The third-order valence-electron chi connectivity index (χ3n) is 3.30. The molecule has 3 rings (SSSR count). The summed E-state index contributed by atoms with van der Waals surface area (Å²) in [5.41, 5.74) is 1.78. The second kappa shape index (κ2) is 5.28. The number of methoxy groups -OCH3 is 2. The topological polar surface area (TPSA) is 64.2 Å². The predicted molar refractivity (Wildman–Crippen MR) is 79.1 cm³/mol. The van der Waals surface area contributed by atoms with Gasteiger partial charge in [0.25, 0.3) is 0 Å². The van der Waals surface area contributed by atoms with Crippen LogP contribution >= 0.6 is 0 Å². The zero-order valence-electron chi connectivity index (χ0n) is 11.7. The number of ketones is 1. The molecule has 0 radical (unpaired) electrons. The Kier molecular flexibility index (Phi) is 3.31. The first-order chi connectivity index (χ1) is 10.2. The van der Waals surface area contributed by atoms with Gasteiger partial charge in [0.1, 0.15) is 11.4 Å². The summed E-state index contributed by atoms with van der Waals surface area (Å²) >= 11 is 0. The molecule has 0 saturated heterocycles. The molecule has 0 saturated carbocycles. The molecule has 0 amide bonds. The molecule has 1 N–H and O–H groups in total. The molecule has 5 heteroatoms. The van der Waals surface area contributed by atoms with Crippen molar-refractivity contribution in [1.82, 2.24) is 9.97 Å². The van der Waals surface area contributed by atoms with Crippen molar-refractivity contribution in [1.29, 1.82) is 0 Å². The second-order valence-electron chi connectivity index (χ2n) is 4.51. The number of carbonyl (C=O) groups excluding carboxylic acids is 1. The van der Waals surface area contributed by atoms with Crippen LogP contribution in [0.2, 0.25) is 0 Å². The van der Waals surface area contributed by atoms with Crippen LogP contribution < -0.4 is 9.47 Å². The third kappa shape index (κ3) is 2.33. The van der Waals surface area contributed by atoms with E-state index >= 15 is 0 Å². The molecule has 0 aliphatic heterocycles. The zero-order valence-corrected chi connectivity index (χ0v) is 11.7. The number of carbonyl (C=O) groups is 1. The highest BCUT2D eigenvalue weighted by molar-refractivity contribution is 6.15. The fraction of sp³-hybridized carbons (Fsp3) is 0.125. The summed E-state index contributed by atoms with van der Waals surface area (Å²) in [5, 5.41) is 0.838. The maximum absolute atomic E-state index is 12.6. The Morgan fingerprint density at radius 3 is 2.76 bits per heavy atom. The molecule has 2 heterocycles. The number of ether oxygens (including phenoxy) is 2. The molecule has 0 aliphatic rings. The molecule has 5 nitrogen and oxygen atoms in total. The minimum Gasteiger partial charge on any atom is -0.497 e. The van der Waals surface area contributed by atoms with Crippen LogP contribution in [0.3, 0.4) is 0 Å². The van der Waals surface area contributed by atoms with E-state index in [0.717, 1.165) is 16.7 Å². The predicted octanol–water partition coefficient (Wildman–Crippen LogP) is 2.81. The molecule has 0 unspecified atom stereocenters. The van der Waals surface area contributed by atoms with Gasteiger partial charge in [-0.2, -0.15) is 0 Å². The number of H-pyrrole nitrogens is 1. The molecule has 0 aliphatic carbocycles. The lowest BCUT2D eigenvalue weighted by molar-refractivity contribution is 0.103. The standard InChI is InChI=1S/C16H14N2O3/c1-20-10-6-7-11-12(9-17-14(11)8-10)16(19)13-4-3-5-15(18-13)21-2/h3-9,17H,1-2H3. The van der Waals surface area contributed by atoms with Crippen LogP contribution in [0, 0.1) is 0 Å². The van der Waals surface area contributed by atoms with Crippen LogP contribution in [0.5, 0.6) is 11.6 Å². The second-order valence-corrected chi connectivity index (χ2v) is 4.51. The lowest BCUT2D eigenvalue weighted by Gasteiger charge is -2.03. The van der Waals surface area contributed by atoms with Crippen LogP contribution in [-0.2, 0) is 0 Å². The number of aromatic nitrogens is 2. The number of fused-ring (bicyclic) bond motifs is 1. The molecule has 106 valence electrons. The van der Waals surface area contributed by atoms with Gasteiger partial charge in [-0.15, -0.1) is 0 Å². The number of hydrogen-bond acceptors (Lipinski definition) is 4. The number of benzene rings is 1. The van der Waals surface area contributed by atoms with Gasteiger partial charge in [0.2, 0.25) is 11.7 Å². The highest BCUT2D eigenvalue weighted by Gasteiger charge is 2.16. The Morgan fingerprint density at radius 1 is 1.14 bits per heavy atom. The average Bonchev–Trinajstić information content (AvgIpc) is 2.97. The van der Waals surface area contributed by atoms with Gasteiger partial charge in [-0.3, -0.25) is 4.79 Å². The van der Waals surface area contributed by atoms with Crippen molar-refractivity contribution in [2.24, 2.45) is 0 Å². The molecule has 3 aromatic rings. The Morgan fingerprint density at radius 2 is 2.00 bits per heavy atom. The summed E-state index contributed by atoms with van der Waals surface area (Å²) in [6, 6.07) is 10.7. The lowest BCUT2D eigenvalue weighted by Crippen LogP contribution is -2.04. The number of aromatic amines is 1.